The molecule has 4 aromatic heterocycles. The van der Waals surface area contributed by atoms with E-state index in [2.05, 4.69) is 22.1 Å². The smallest absolute Gasteiger partial charge is 0.268 e. The van der Waals surface area contributed by atoms with Crippen molar-refractivity contribution in [3.8, 4) is 16.8 Å². The Bertz CT molecular complexity index is 2430. The summed E-state index contributed by atoms with van der Waals surface area (Å²) in [6.45, 7) is 0. The minimum atomic E-state index is -0.438. The molecule has 0 bridgehead atoms. The first-order valence-corrected chi connectivity index (χ1v) is 13.7. The van der Waals surface area contributed by atoms with Crippen molar-refractivity contribution in [2.45, 2.75) is 0 Å². The highest BCUT2D eigenvalue weighted by Gasteiger charge is 2.18. The monoisotopic (exact) mass is 533 g/mol. The van der Waals surface area contributed by atoms with Crippen LogP contribution in [0.3, 0.4) is 0 Å². The second kappa shape index (κ2) is 8.66. The Morgan fingerprint density at radius 2 is 1.30 bits per heavy atom. The minimum Gasteiger partial charge on any atom is -0.268 e. The molecule has 0 amide bonds. The summed E-state index contributed by atoms with van der Waals surface area (Å²) in [6.07, 6.45) is 5.12. The fraction of sp³-hybridized carbons (Fsp3) is 0. The van der Waals surface area contributed by atoms with Gasteiger partial charge >= 0.3 is 0 Å². The molecular formula is C34H19N3O2S. The van der Waals surface area contributed by atoms with E-state index in [0.29, 0.717) is 16.5 Å². The summed E-state index contributed by atoms with van der Waals surface area (Å²) in [6, 6.07) is 31.5. The van der Waals surface area contributed by atoms with Crippen LogP contribution in [0.2, 0.25) is 0 Å². The fourth-order valence-electron chi connectivity index (χ4n) is 5.76. The fourth-order valence-corrected chi connectivity index (χ4v) is 6.89. The third kappa shape index (κ3) is 3.26. The summed E-state index contributed by atoms with van der Waals surface area (Å²) in [5.41, 5.74) is 2.00. The van der Waals surface area contributed by atoms with Crippen molar-refractivity contribution in [1.29, 1.82) is 0 Å². The number of fused-ring (bicyclic) bond motifs is 7. The van der Waals surface area contributed by atoms with Gasteiger partial charge in [0.2, 0.25) is 0 Å². The van der Waals surface area contributed by atoms with Gasteiger partial charge in [0.25, 0.3) is 11.1 Å². The van der Waals surface area contributed by atoms with Crippen molar-refractivity contribution in [1.82, 2.24) is 14.5 Å². The Hall–Kier alpha value is -5.20. The molecule has 0 unspecified atom stereocenters. The van der Waals surface area contributed by atoms with E-state index in [1.54, 1.807) is 29.9 Å². The number of benzene rings is 4. The van der Waals surface area contributed by atoms with Gasteiger partial charge in [-0.15, -0.1) is 11.3 Å². The first-order chi connectivity index (χ1) is 19.7. The summed E-state index contributed by atoms with van der Waals surface area (Å²) in [7, 11) is 0. The molecule has 5 nitrogen and oxygen atoms in total. The number of pyridine rings is 2. The van der Waals surface area contributed by atoms with Gasteiger partial charge in [-0.1, -0.05) is 54.6 Å². The van der Waals surface area contributed by atoms with E-state index in [0.717, 1.165) is 47.5 Å². The summed E-state index contributed by atoms with van der Waals surface area (Å²) < 4.78 is 3.46. The molecule has 6 heteroatoms. The molecule has 0 aliphatic carbocycles. The molecule has 0 radical (unpaired) electrons. The first-order valence-electron chi connectivity index (χ1n) is 12.9. The van der Waals surface area contributed by atoms with E-state index in [1.165, 1.54) is 4.57 Å². The van der Waals surface area contributed by atoms with E-state index in [-0.39, 0.29) is 11.1 Å². The summed E-state index contributed by atoms with van der Waals surface area (Å²) in [5, 5.41) is 5.82. The standard InChI is InChI=1S/C34H19N3O2S/c38-33-28-19-31-27(24-8-3-4-10-30(24)40-31)18-26(28)25-9-5-15-36-32(25)34(39)37(33)29-12-11-21(20-13-16-35-17-14-20)22-6-1-2-7-23(22)29/h1-19H. The topological polar surface area (TPSA) is 64.8 Å². The summed E-state index contributed by atoms with van der Waals surface area (Å²) >= 11 is 1.65. The predicted octanol–water partition coefficient (Wildman–Crippen LogP) is 7.48. The van der Waals surface area contributed by atoms with E-state index >= 15 is 0 Å². The predicted molar refractivity (Wildman–Crippen MR) is 165 cm³/mol. The van der Waals surface area contributed by atoms with Gasteiger partial charge in [0.05, 0.1) is 5.69 Å². The van der Waals surface area contributed by atoms with Crippen LogP contribution in [-0.4, -0.2) is 14.5 Å². The number of hydrogen-bond donors (Lipinski definition) is 0. The average Bonchev–Trinajstić information content (AvgIpc) is 3.35. The normalized spacial score (nSPS) is 11.7. The molecular weight excluding hydrogens is 514 g/mol. The molecule has 0 saturated heterocycles. The maximum Gasteiger partial charge on any atom is 0.284 e. The lowest BCUT2D eigenvalue weighted by Crippen LogP contribution is -2.29. The SMILES string of the molecule is O=c1c2cc3sc4ccccc4c3cc2c2cccnc2c(=O)n1-c1ccc(-c2ccncc2)c2ccccc12. The molecule has 0 saturated carbocycles. The van der Waals surface area contributed by atoms with Crippen LogP contribution in [0.15, 0.2) is 125 Å². The van der Waals surface area contributed by atoms with Crippen LogP contribution in [-0.2, 0) is 0 Å². The molecule has 0 spiro atoms. The van der Waals surface area contributed by atoms with Gasteiger partial charge in [-0.3, -0.25) is 19.6 Å². The van der Waals surface area contributed by atoms with Crippen molar-refractivity contribution >= 4 is 64.0 Å². The Labute approximate surface area is 231 Å². The Kier molecular flexibility index (Phi) is 4.93. The minimum absolute atomic E-state index is 0.260. The summed E-state index contributed by atoms with van der Waals surface area (Å²) in [5.74, 6) is 0. The summed E-state index contributed by atoms with van der Waals surface area (Å²) in [4.78, 5) is 37.3. The number of aromatic nitrogens is 3. The van der Waals surface area contributed by atoms with Crippen LogP contribution >= 0.6 is 11.3 Å². The average molecular weight is 534 g/mol. The van der Waals surface area contributed by atoms with E-state index in [9.17, 15) is 9.59 Å². The van der Waals surface area contributed by atoms with Crippen molar-refractivity contribution in [2.24, 2.45) is 0 Å². The van der Waals surface area contributed by atoms with Crippen LogP contribution in [0.5, 0.6) is 0 Å². The Morgan fingerprint density at radius 3 is 2.15 bits per heavy atom. The second-order valence-corrected chi connectivity index (χ2v) is 10.8. The molecule has 0 fully saturated rings. The largest absolute Gasteiger partial charge is 0.284 e. The van der Waals surface area contributed by atoms with Crippen LogP contribution < -0.4 is 11.1 Å². The van der Waals surface area contributed by atoms with Gasteiger partial charge in [0, 0.05) is 54.9 Å². The van der Waals surface area contributed by atoms with Crippen LogP contribution in [0.4, 0.5) is 0 Å². The van der Waals surface area contributed by atoms with Gasteiger partial charge in [-0.2, -0.15) is 0 Å². The van der Waals surface area contributed by atoms with Gasteiger partial charge in [0.1, 0.15) is 5.52 Å². The first kappa shape index (κ1) is 22.8. The molecule has 0 N–H and O–H groups in total. The maximum absolute atomic E-state index is 14.4. The number of hydrogen-bond acceptors (Lipinski definition) is 5. The Morgan fingerprint density at radius 1 is 0.550 bits per heavy atom. The maximum atomic E-state index is 14.4. The third-order valence-electron chi connectivity index (χ3n) is 7.59. The highest BCUT2D eigenvalue weighted by molar-refractivity contribution is 7.25. The zero-order valence-electron chi connectivity index (χ0n) is 21.0. The van der Waals surface area contributed by atoms with Gasteiger partial charge < -0.3 is 0 Å². The van der Waals surface area contributed by atoms with Gasteiger partial charge in [0.15, 0.2) is 0 Å². The molecule has 4 aromatic carbocycles. The van der Waals surface area contributed by atoms with E-state index < -0.39 is 5.56 Å². The quantitative estimate of drug-likeness (QED) is 0.231. The number of thiophene rings is 1. The van der Waals surface area contributed by atoms with E-state index in [1.807, 2.05) is 84.9 Å². The second-order valence-electron chi connectivity index (χ2n) is 9.75. The molecule has 8 rings (SSSR count). The van der Waals surface area contributed by atoms with E-state index in [4.69, 9.17) is 0 Å². The molecule has 40 heavy (non-hydrogen) atoms. The molecule has 0 atom stereocenters. The zero-order valence-corrected chi connectivity index (χ0v) is 21.9. The molecule has 0 aliphatic rings. The lowest BCUT2D eigenvalue weighted by atomic mass is 9.97. The number of nitrogens with zero attached hydrogens (tertiary/aromatic N) is 3. The van der Waals surface area contributed by atoms with Gasteiger partial charge in [-0.05, 0) is 64.4 Å². The lowest BCUT2D eigenvalue weighted by Gasteiger charge is -2.12. The molecule has 188 valence electrons. The van der Waals surface area contributed by atoms with Crippen LogP contribution in [0, 0.1) is 0 Å². The van der Waals surface area contributed by atoms with Crippen LogP contribution in [0.25, 0.3) is 69.4 Å². The van der Waals surface area contributed by atoms with Crippen molar-refractivity contribution in [3.05, 3.63) is 136 Å². The van der Waals surface area contributed by atoms with Gasteiger partial charge in [-0.25, -0.2) is 4.57 Å². The zero-order chi connectivity index (χ0) is 26.8. The van der Waals surface area contributed by atoms with Crippen LogP contribution in [0.1, 0.15) is 0 Å². The van der Waals surface area contributed by atoms with Crippen molar-refractivity contribution in [3.63, 3.8) is 0 Å². The van der Waals surface area contributed by atoms with Crippen molar-refractivity contribution in [2.75, 3.05) is 0 Å². The third-order valence-corrected chi connectivity index (χ3v) is 8.72. The Balaban J connectivity index is 1.55. The highest BCUT2D eigenvalue weighted by atomic mass is 32.1. The molecule has 4 heterocycles. The molecule has 8 aromatic rings. The highest BCUT2D eigenvalue weighted by Crippen LogP contribution is 2.37. The lowest BCUT2D eigenvalue weighted by molar-refractivity contribution is 0.980. The molecule has 0 aliphatic heterocycles. The number of rotatable bonds is 2. The van der Waals surface area contributed by atoms with Crippen molar-refractivity contribution < 1.29 is 0 Å².